The fraction of sp³-hybridized carbons (Fsp3) is 0.538. The smallest absolute Gasteiger partial charge is 0.250 e. The topological polar surface area (TPSA) is 140 Å². The van der Waals surface area contributed by atoms with E-state index in [-0.39, 0.29) is 59.8 Å². The summed E-state index contributed by atoms with van der Waals surface area (Å²) in [5.41, 5.74) is 0.928. The second kappa shape index (κ2) is 24.9. The zero-order valence-electron chi connectivity index (χ0n) is 42.7. The molecule has 4 aromatic carbocycles. The summed E-state index contributed by atoms with van der Waals surface area (Å²) in [4.78, 5) is 2.11. The molecule has 0 fully saturated rings. The Labute approximate surface area is 399 Å². The lowest BCUT2D eigenvalue weighted by molar-refractivity contribution is 0.205. The van der Waals surface area contributed by atoms with E-state index in [9.17, 15) is 13.0 Å². The Morgan fingerprint density at radius 2 is 0.561 bits per heavy atom. The maximum Gasteiger partial charge on any atom is 0.250 e. The second-order valence-electron chi connectivity index (χ2n) is 18.3. The van der Waals surface area contributed by atoms with Gasteiger partial charge in [0.2, 0.25) is 0 Å². The van der Waals surface area contributed by atoms with Crippen molar-refractivity contribution in [2.24, 2.45) is 0 Å². The van der Waals surface area contributed by atoms with Crippen molar-refractivity contribution in [3.8, 4) is 51.7 Å². The van der Waals surface area contributed by atoms with Gasteiger partial charge >= 0.3 is 0 Å². The predicted molar refractivity (Wildman–Crippen MR) is 263 cm³/mol. The van der Waals surface area contributed by atoms with Crippen LogP contribution < -0.4 is 42.6 Å². The molecule has 14 heteroatoms. The minimum absolute atomic E-state index is 0.0842. The highest BCUT2D eigenvalue weighted by atomic mass is 32.2. The number of benzene rings is 4. The van der Waals surface area contributed by atoms with Gasteiger partial charge in [-0.1, -0.05) is 17.7 Å². The number of aryl methyl sites for hydroxylation is 1. The first-order chi connectivity index (χ1) is 30.6. The van der Waals surface area contributed by atoms with Crippen LogP contribution in [0, 0.1) is 6.92 Å². The third-order valence-corrected chi connectivity index (χ3v) is 11.5. The van der Waals surface area contributed by atoms with Gasteiger partial charge in [-0.05, 0) is 144 Å². The van der Waals surface area contributed by atoms with Crippen molar-refractivity contribution in [2.75, 3.05) is 0 Å². The first kappa shape index (κ1) is 55.7. The summed E-state index contributed by atoms with van der Waals surface area (Å²) in [5.74, 6) is 5.44. The second-order valence-corrected chi connectivity index (χ2v) is 21.5. The number of ether oxygens (including phenoxy) is 9. The first-order valence-corrected chi connectivity index (χ1v) is 25.6. The molecule has 0 N–H and O–H groups in total. The fourth-order valence-corrected chi connectivity index (χ4v) is 9.27. The molecule has 0 amide bonds. The molecule has 368 valence electrons. The summed E-state index contributed by atoms with van der Waals surface area (Å²) in [6.45, 7) is 38.0. The molecular weight excluding hydrogens is 881 g/mol. The lowest BCUT2D eigenvalue weighted by atomic mass is 10.2. The summed E-state index contributed by atoms with van der Waals surface area (Å²) >= 11 is 0. The lowest BCUT2D eigenvalue weighted by Gasteiger charge is -2.26. The zero-order chi connectivity index (χ0) is 49.8. The van der Waals surface area contributed by atoms with Crippen molar-refractivity contribution < 1.29 is 55.6 Å². The van der Waals surface area contributed by atoms with Gasteiger partial charge in [0.15, 0.2) is 34.5 Å². The van der Waals surface area contributed by atoms with Gasteiger partial charge in [-0.3, -0.25) is 0 Å². The zero-order valence-corrected chi connectivity index (χ0v) is 44.3. The quantitative estimate of drug-likeness (QED) is 0.0547. The minimum Gasteiger partial charge on any atom is -0.744 e. The molecule has 0 unspecified atom stereocenters. The molecule has 4 rings (SSSR count). The highest BCUT2D eigenvalue weighted by molar-refractivity contribution is 7.97. The van der Waals surface area contributed by atoms with Crippen LogP contribution in [0.4, 0.5) is 0 Å². The van der Waals surface area contributed by atoms with Gasteiger partial charge in [-0.15, -0.1) is 0 Å². The Balaban J connectivity index is 0.000000915. The van der Waals surface area contributed by atoms with E-state index in [0.717, 1.165) is 20.2 Å². The van der Waals surface area contributed by atoms with Gasteiger partial charge in [0.05, 0.1) is 59.8 Å². The Hall–Kier alpha value is -4.66. The average molecular weight is 957 g/mol. The van der Waals surface area contributed by atoms with Crippen molar-refractivity contribution in [1.29, 1.82) is 0 Å². The summed E-state index contributed by atoms with van der Waals surface area (Å²) in [5, 5.41) is 0. The molecular formula is C52H76O12S2. The van der Waals surface area contributed by atoms with Gasteiger partial charge in [-0.2, -0.15) is 0 Å². The Morgan fingerprint density at radius 1 is 0.364 bits per heavy atom. The van der Waals surface area contributed by atoms with Crippen molar-refractivity contribution >= 4 is 21.0 Å². The van der Waals surface area contributed by atoms with Crippen LogP contribution in [0.25, 0.3) is 0 Å². The average Bonchev–Trinajstić information content (AvgIpc) is 3.12. The number of rotatable bonds is 22. The van der Waals surface area contributed by atoms with Gasteiger partial charge in [0, 0.05) is 36.4 Å². The monoisotopic (exact) mass is 956 g/mol. The van der Waals surface area contributed by atoms with E-state index >= 15 is 0 Å². The van der Waals surface area contributed by atoms with Crippen LogP contribution in [0.5, 0.6) is 51.7 Å². The third kappa shape index (κ3) is 17.5. The van der Waals surface area contributed by atoms with Crippen molar-refractivity contribution in [3.63, 3.8) is 0 Å². The Morgan fingerprint density at radius 3 is 0.727 bits per heavy atom. The van der Waals surface area contributed by atoms with E-state index in [1.165, 1.54) is 12.1 Å². The predicted octanol–water partition coefficient (Wildman–Crippen LogP) is 12.8. The van der Waals surface area contributed by atoms with Crippen LogP contribution in [0.1, 0.15) is 130 Å². The summed E-state index contributed by atoms with van der Waals surface area (Å²) in [6, 6.07) is 17.5. The van der Waals surface area contributed by atoms with Gasteiger partial charge in [-0.25, -0.2) is 8.42 Å². The molecule has 66 heavy (non-hydrogen) atoms. The number of hydrogen-bond donors (Lipinski definition) is 0. The van der Waals surface area contributed by atoms with Crippen molar-refractivity contribution in [1.82, 2.24) is 0 Å². The minimum atomic E-state index is -4.27. The van der Waals surface area contributed by atoms with Crippen LogP contribution in [-0.2, 0) is 21.0 Å². The van der Waals surface area contributed by atoms with Crippen LogP contribution in [0.2, 0.25) is 0 Å². The van der Waals surface area contributed by atoms with E-state index in [2.05, 4.69) is 0 Å². The van der Waals surface area contributed by atoms with E-state index in [0.29, 0.717) is 51.7 Å². The summed E-state index contributed by atoms with van der Waals surface area (Å²) in [6.07, 6.45) is -1.39. The normalized spacial score (nSPS) is 11.9. The fourth-order valence-electron chi connectivity index (χ4n) is 6.34. The molecule has 4 aromatic rings. The van der Waals surface area contributed by atoms with Crippen molar-refractivity contribution in [2.45, 2.75) is 206 Å². The van der Waals surface area contributed by atoms with E-state index in [1.54, 1.807) is 12.1 Å². The van der Waals surface area contributed by atoms with Crippen molar-refractivity contribution in [3.05, 3.63) is 66.2 Å². The van der Waals surface area contributed by atoms with Crippen LogP contribution >= 0.6 is 0 Å². The molecule has 0 saturated carbocycles. The molecule has 0 radical (unpaired) electrons. The van der Waals surface area contributed by atoms with E-state index in [4.69, 9.17) is 42.6 Å². The highest BCUT2D eigenvalue weighted by Crippen LogP contribution is 2.56. The standard InChI is InChI=1S/C45H69O9S.C7H8O3S/c1-25(2)46-34-19-37(49-28(7)8)43(38(20-34)50-29(9)10)55(44-39(51-30(11)12)21-35(47-26(3)4)22-40(44)52-31(13)14)45-41(53-32(15)16)23-36(48-27(5)6)24-42(45)54-33(17)18;1-6-2-4-7(5-3-6)11(8,9)10/h19-33H,1-18H3;2-5H,1H3,(H,8,9,10)/q+1;/p-1. The largest absolute Gasteiger partial charge is 0.744 e. The molecule has 12 nitrogen and oxygen atoms in total. The van der Waals surface area contributed by atoms with Gasteiger partial charge in [0.25, 0.3) is 14.7 Å². The first-order valence-electron chi connectivity index (χ1n) is 23.0. The summed E-state index contributed by atoms with van der Waals surface area (Å²) in [7, 11) is -5.43. The molecule has 0 aliphatic carbocycles. The van der Waals surface area contributed by atoms with E-state index in [1.807, 2.05) is 168 Å². The molecule has 0 aliphatic heterocycles. The molecule has 0 spiro atoms. The molecule has 0 aromatic heterocycles. The van der Waals surface area contributed by atoms with Crippen LogP contribution in [0.15, 0.2) is 80.2 Å². The Kier molecular flexibility index (Phi) is 21.0. The summed E-state index contributed by atoms with van der Waals surface area (Å²) < 4.78 is 90.9. The molecule has 0 saturated heterocycles. The lowest BCUT2D eigenvalue weighted by Crippen LogP contribution is -2.21. The van der Waals surface area contributed by atoms with Crippen LogP contribution in [-0.4, -0.2) is 67.9 Å². The molecule has 0 aliphatic rings. The van der Waals surface area contributed by atoms with Crippen LogP contribution in [0.3, 0.4) is 0 Å². The van der Waals surface area contributed by atoms with Gasteiger partial charge in [0.1, 0.15) is 38.3 Å². The SMILES string of the molecule is CC(C)Oc1cc(OC(C)C)c([S+](c2c(OC(C)C)cc(OC(C)C)cc2OC(C)C)c2c(OC(C)C)cc(OC(C)C)cc2OC(C)C)c(OC(C)C)c1.Cc1ccc(S(=O)(=O)[O-])cc1. The van der Waals surface area contributed by atoms with E-state index < -0.39 is 21.0 Å². The van der Waals surface area contributed by atoms with Gasteiger partial charge < -0.3 is 47.2 Å². The molecule has 0 heterocycles. The Bertz CT molecular complexity index is 1960. The highest BCUT2D eigenvalue weighted by Gasteiger charge is 2.48. The maximum absolute atomic E-state index is 10.4. The molecule has 0 atom stereocenters. The third-order valence-electron chi connectivity index (χ3n) is 8.20. The number of hydrogen-bond acceptors (Lipinski definition) is 12. The molecule has 0 bridgehead atoms. The maximum atomic E-state index is 10.4.